The fourth-order valence-corrected chi connectivity index (χ4v) is 3.59. The summed E-state index contributed by atoms with van der Waals surface area (Å²) in [6.07, 6.45) is 0. The molecule has 0 aromatic rings. The molecule has 0 spiro atoms. The van der Waals surface area contributed by atoms with Crippen molar-refractivity contribution in [3.8, 4) is 0 Å². The maximum absolute atomic E-state index is 11.3. The average Bonchev–Trinajstić information content (AvgIpc) is 2.34. The highest BCUT2D eigenvalue weighted by molar-refractivity contribution is 8.01. The molecule has 2 N–H and O–H groups in total. The molecule has 0 aliphatic carbocycles. The van der Waals surface area contributed by atoms with Gasteiger partial charge in [0.1, 0.15) is 11.4 Å². The van der Waals surface area contributed by atoms with Gasteiger partial charge in [0, 0.05) is 4.75 Å². The summed E-state index contributed by atoms with van der Waals surface area (Å²) in [5.41, 5.74) is 5.57. The Morgan fingerprint density at radius 1 is 1.64 bits per heavy atom. The zero-order chi connectivity index (χ0) is 10.7. The molecular weight excluding hydrogens is 204 g/mol. The number of nitrogens with zero attached hydrogens (tertiary/aromatic N) is 1. The van der Waals surface area contributed by atoms with E-state index in [0.29, 0.717) is 0 Å². The molecule has 3 atom stereocenters. The van der Waals surface area contributed by atoms with Crippen molar-refractivity contribution in [2.45, 2.75) is 36.1 Å². The van der Waals surface area contributed by atoms with E-state index in [4.69, 9.17) is 5.73 Å². The van der Waals surface area contributed by atoms with Crippen molar-refractivity contribution in [2.75, 3.05) is 0 Å². The Kier molecular flexibility index (Phi) is 1.84. The van der Waals surface area contributed by atoms with E-state index in [2.05, 4.69) is 0 Å². The minimum absolute atomic E-state index is 0.194. The molecule has 1 amide bonds. The summed E-state index contributed by atoms with van der Waals surface area (Å²) in [5.74, 6) is -1.49. The molecule has 2 rings (SSSR count). The number of nitrogens with two attached hydrogens (primary N) is 1. The molecule has 6 heteroatoms. The zero-order valence-electron chi connectivity index (χ0n) is 7.89. The van der Waals surface area contributed by atoms with Gasteiger partial charge in [-0.3, -0.25) is 4.79 Å². The Morgan fingerprint density at radius 3 is 2.71 bits per heavy atom. The van der Waals surface area contributed by atoms with E-state index in [1.807, 2.05) is 0 Å². The summed E-state index contributed by atoms with van der Waals surface area (Å²) < 4.78 is -0.521. The van der Waals surface area contributed by atoms with Crippen molar-refractivity contribution >= 4 is 23.6 Å². The van der Waals surface area contributed by atoms with Crippen LogP contribution in [0, 0.1) is 0 Å². The monoisotopic (exact) mass is 215 g/mol. The summed E-state index contributed by atoms with van der Waals surface area (Å²) in [4.78, 5) is 23.6. The third-order valence-corrected chi connectivity index (χ3v) is 4.30. The number of β-lactam (4-membered cyclic amide) rings is 1. The van der Waals surface area contributed by atoms with Crippen molar-refractivity contribution in [1.29, 1.82) is 0 Å². The van der Waals surface area contributed by atoms with Crippen molar-refractivity contribution < 1.29 is 14.7 Å². The number of amides is 1. The Bertz CT molecular complexity index is 318. The van der Waals surface area contributed by atoms with Gasteiger partial charge in [0.15, 0.2) is 0 Å². The summed E-state index contributed by atoms with van der Waals surface area (Å²) in [6.45, 7) is 3.58. The number of carboxylic acid groups (broad SMARTS) is 1. The molecule has 14 heavy (non-hydrogen) atoms. The molecule has 0 aromatic heterocycles. The van der Waals surface area contributed by atoms with Crippen LogP contribution in [0.5, 0.6) is 0 Å². The van der Waals surface area contributed by atoms with E-state index >= 15 is 0 Å². The highest BCUT2D eigenvalue weighted by Crippen LogP contribution is 2.49. The molecule has 5 nitrogen and oxygen atoms in total. The predicted octanol–water partition coefficient (Wildman–Crippen LogP) is -1.87. The van der Waals surface area contributed by atoms with Crippen LogP contribution < -0.4 is 10.8 Å². The number of fused-ring (bicyclic) bond motifs is 1. The van der Waals surface area contributed by atoms with Crippen LogP contribution in [0.15, 0.2) is 0 Å². The first kappa shape index (κ1) is 9.79. The van der Waals surface area contributed by atoms with Crippen LogP contribution >= 0.6 is 11.8 Å². The fraction of sp³-hybridized carbons (Fsp3) is 0.750. The molecule has 2 aliphatic rings. The minimum Gasteiger partial charge on any atom is -0.548 e. The van der Waals surface area contributed by atoms with Gasteiger partial charge in [0.25, 0.3) is 0 Å². The number of carboxylic acids is 1. The number of carbonyl (C=O) groups excluding carboxylic acids is 2. The number of rotatable bonds is 1. The molecule has 1 unspecified atom stereocenters. The quantitative estimate of drug-likeness (QED) is 0.518. The minimum atomic E-state index is -1.20. The van der Waals surface area contributed by atoms with E-state index in [-0.39, 0.29) is 11.3 Å². The van der Waals surface area contributed by atoms with Crippen LogP contribution in [0.2, 0.25) is 0 Å². The normalized spacial score (nSPS) is 39.2. The summed E-state index contributed by atoms with van der Waals surface area (Å²) in [5, 5.41) is 10.7. The van der Waals surface area contributed by atoms with E-state index < -0.39 is 22.8 Å². The Balaban J connectivity index is 2.32. The molecule has 0 aromatic carbocycles. The molecule has 78 valence electrons. The fourth-order valence-electron chi connectivity index (χ4n) is 2.02. The van der Waals surface area contributed by atoms with Crippen molar-refractivity contribution in [2.24, 2.45) is 5.73 Å². The Labute approximate surface area is 85.6 Å². The topological polar surface area (TPSA) is 86.5 Å². The standard InChI is InChI=1S/C8H12N2O3S/c1-8(2)4(7(12)13)10-5(11)3(9)6(10)14-8/h3-4,6H,9H2,1-2H3,(H,12,13)/p-1/t3?,4-,6+/m0/s1. The number of carbonyl (C=O) groups is 2. The highest BCUT2D eigenvalue weighted by atomic mass is 32.2. The number of hydrogen-bond acceptors (Lipinski definition) is 5. The van der Waals surface area contributed by atoms with Crippen LogP contribution in [0.25, 0.3) is 0 Å². The number of hydrogen-bond donors (Lipinski definition) is 1. The van der Waals surface area contributed by atoms with Gasteiger partial charge in [-0.05, 0) is 13.8 Å². The Morgan fingerprint density at radius 2 is 2.21 bits per heavy atom. The molecule has 0 bridgehead atoms. The summed E-state index contributed by atoms with van der Waals surface area (Å²) in [6, 6.07) is -1.41. The van der Waals surface area contributed by atoms with Gasteiger partial charge in [-0.1, -0.05) is 0 Å². The van der Waals surface area contributed by atoms with Crippen molar-refractivity contribution in [3.63, 3.8) is 0 Å². The SMILES string of the molecule is CC1(C)S[C@@H]2C(N)C(=O)N2[C@H]1C(=O)[O-]. The van der Waals surface area contributed by atoms with Crippen LogP contribution in [0.1, 0.15) is 13.8 Å². The van der Waals surface area contributed by atoms with Gasteiger partial charge < -0.3 is 20.5 Å². The second-order valence-corrected chi connectivity index (χ2v) is 5.88. The average molecular weight is 215 g/mol. The molecule has 0 saturated carbocycles. The smallest absolute Gasteiger partial charge is 0.244 e. The van der Waals surface area contributed by atoms with Gasteiger partial charge in [-0.15, -0.1) is 11.8 Å². The first-order valence-electron chi connectivity index (χ1n) is 4.32. The highest BCUT2D eigenvalue weighted by Gasteiger charge is 2.60. The van der Waals surface area contributed by atoms with Gasteiger partial charge in [-0.25, -0.2) is 0 Å². The lowest BCUT2D eigenvalue weighted by Gasteiger charge is -2.43. The van der Waals surface area contributed by atoms with E-state index in [0.717, 1.165) is 0 Å². The van der Waals surface area contributed by atoms with Gasteiger partial charge in [-0.2, -0.15) is 0 Å². The summed E-state index contributed by atoms with van der Waals surface area (Å²) in [7, 11) is 0. The number of aliphatic carboxylic acids is 1. The third kappa shape index (κ3) is 1.01. The lowest BCUT2D eigenvalue weighted by molar-refractivity contribution is -0.312. The zero-order valence-corrected chi connectivity index (χ0v) is 8.71. The first-order valence-corrected chi connectivity index (χ1v) is 5.20. The van der Waals surface area contributed by atoms with Gasteiger partial charge >= 0.3 is 0 Å². The first-order chi connectivity index (χ1) is 6.36. The molecular formula is C8H11N2O3S-. The molecule has 2 saturated heterocycles. The van der Waals surface area contributed by atoms with Crippen LogP contribution in [-0.4, -0.2) is 39.0 Å². The second-order valence-electron chi connectivity index (χ2n) is 4.10. The van der Waals surface area contributed by atoms with Crippen LogP contribution in [0.4, 0.5) is 0 Å². The lowest BCUT2D eigenvalue weighted by atomic mass is 9.96. The lowest BCUT2D eigenvalue weighted by Crippen LogP contribution is -2.70. The van der Waals surface area contributed by atoms with Crippen molar-refractivity contribution in [3.05, 3.63) is 0 Å². The molecule has 0 radical (unpaired) electrons. The van der Waals surface area contributed by atoms with Crippen LogP contribution in [0.3, 0.4) is 0 Å². The maximum Gasteiger partial charge on any atom is 0.244 e. The molecule has 2 fully saturated rings. The van der Waals surface area contributed by atoms with E-state index in [9.17, 15) is 14.7 Å². The molecule has 2 heterocycles. The van der Waals surface area contributed by atoms with E-state index in [1.54, 1.807) is 13.8 Å². The predicted molar refractivity (Wildman–Crippen MR) is 49.1 cm³/mol. The summed E-state index contributed by atoms with van der Waals surface area (Å²) >= 11 is 1.43. The van der Waals surface area contributed by atoms with Crippen molar-refractivity contribution in [1.82, 2.24) is 4.90 Å². The largest absolute Gasteiger partial charge is 0.548 e. The number of thioether (sulfide) groups is 1. The Hall–Kier alpha value is -0.750. The molecule has 2 aliphatic heterocycles. The van der Waals surface area contributed by atoms with Gasteiger partial charge in [0.2, 0.25) is 5.91 Å². The maximum atomic E-state index is 11.3. The van der Waals surface area contributed by atoms with E-state index in [1.165, 1.54) is 16.7 Å². The van der Waals surface area contributed by atoms with Crippen LogP contribution in [-0.2, 0) is 9.59 Å². The third-order valence-electron chi connectivity index (χ3n) is 2.71. The second kappa shape index (κ2) is 2.64. The van der Waals surface area contributed by atoms with Gasteiger partial charge in [0.05, 0.1) is 12.0 Å².